The molecule has 0 spiro atoms. The van der Waals surface area contributed by atoms with Crippen molar-refractivity contribution in [3.05, 3.63) is 70.7 Å². The number of rotatable bonds is 4. The van der Waals surface area contributed by atoms with Crippen LogP contribution in [0.25, 0.3) is 21.4 Å². The first-order chi connectivity index (χ1) is 14.1. The molecule has 3 aromatic rings. The molecule has 0 N–H and O–H groups in total. The van der Waals surface area contributed by atoms with E-state index >= 15 is 0 Å². The molecular formula is C24H22N4O. The Morgan fingerprint density at radius 1 is 1.14 bits per heavy atom. The van der Waals surface area contributed by atoms with Gasteiger partial charge in [-0.3, -0.25) is 9.69 Å². The van der Waals surface area contributed by atoms with Gasteiger partial charge in [0.15, 0.2) is 11.5 Å². The Hall–Kier alpha value is -3.41. The van der Waals surface area contributed by atoms with E-state index < -0.39 is 0 Å². The molecule has 5 nitrogen and oxygen atoms in total. The highest BCUT2D eigenvalue weighted by Gasteiger charge is 2.23. The Morgan fingerprint density at radius 2 is 1.86 bits per heavy atom. The number of nitrogens with zero attached hydrogens (tertiary/aromatic N) is 4. The van der Waals surface area contributed by atoms with E-state index in [1.165, 1.54) is 6.42 Å². The largest absolute Gasteiger partial charge is 0.313 e. The highest BCUT2D eigenvalue weighted by molar-refractivity contribution is 6.11. The lowest BCUT2D eigenvalue weighted by atomic mass is 10.0. The molecule has 5 heteroatoms. The number of nitriles is 1. The molecule has 4 rings (SSSR count). The lowest BCUT2D eigenvalue weighted by Gasteiger charge is -2.25. The summed E-state index contributed by atoms with van der Waals surface area (Å²) in [7, 11) is 0. The van der Waals surface area contributed by atoms with Crippen LogP contribution in [0.2, 0.25) is 0 Å². The van der Waals surface area contributed by atoms with Gasteiger partial charge in [0.1, 0.15) is 0 Å². The summed E-state index contributed by atoms with van der Waals surface area (Å²) in [5, 5.41) is 10.2. The number of hydrogen-bond acceptors (Lipinski definition) is 3. The maximum absolute atomic E-state index is 13.3. The Balaban J connectivity index is 1.84. The zero-order valence-corrected chi connectivity index (χ0v) is 16.5. The minimum absolute atomic E-state index is 0.121. The average Bonchev–Trinajstić information content (AvgIpc) is 3.05. The van der Waals surface area contributed by atoms with Crippen molar-refractivity contribution in [3.63, 3.8) is 0 Å². The van der Waals surface area contributed by atoms with Gasteiger partial charge in [0.25, 0.3) is 0 Å². The van der Waals surface area contributed by atoms with E-state index in [4.69, 9.17) is 6.57 Å². The maximum Gasteiger partial charge on any atom is 0.187 e. The van der Waals surface area contributed by atoms with Gasteiger partial charge >= 0.3 is 0 Å². The number of hydrogen-bond donors (Lipinski definition) is 0. The number of benzene rings is 2. The molecule has 0 radical (unpaired) electrons. The van der Waals surface area contributed by atoms with Crippen LogP contribution >= 0.6 is 0 Å². The summed E-state index contributed by atoms with van der Waals surface area (Å²) in [5.41, 5.74) is 4.45. The van der Waals surface area contributed by atoms with Crippen LogP contribution in [0.1, 0.15) is 40.9 Å². The Kier molecular flexibility index (Phi) is 5.16. The molecule has 0 atom stereocenters. The topological polar surface area (TPSA) is 53.4 Å². The van der Waals surface area contributed by atoms with Gasteiger partial charge in [-0.2, -0.15) is 5.26 Å². The first-order valence-corrected chi connectivity index (χ1v) is 9.91. The third kappa shape index (κ3) is 3.53. The predicted molar refractivity (Wildman–Crippen MR) is 114 cm³/mol. The summed E-state index contributed by atoms with van der Waals surface area (Å²) in [6.07, 6.45) is 3.53. The quantitative estimate of drug-likeness (QED) is 0.470. The van der Waals surface area contributed by atoms with E-state index in [2.05, 4.69) is 15.8 Å². The minimum atomic E-state index is 0.121. The van der Waals surface area contributed by atoms with E-state index in [0.717, 1.165) is 53.8 Å². The SMILES string of the molecule is [C-]#[N+]c1ccc(-n2c(C)c(C(=O)CN3CCCCC3)c3ccc(C#N)cc32)cc1. The van der Waals surface area contributed by atoms with Gasteiger partial charge in [-0.05, 0) is 57.1 Å². The van der Waals surface area contributed by atoms with Gasteiger partial charge in [0.05, 0.1) is 30.3 Å². The van der Waals surface area contributed by atoms with E-state index in [1.54, 1.807) is 18.2 Å². The number of Topliss-reactive ketones (excluding diaryl/α,β-unsaturated/α-hetero) is 1. The molecule has 0 saturated carbocycles. The molecule has 2 heterocycles. The number of carbonyl (C=O) groups excluding carboxylic acids is 1. The Bertz CT molecular complexity index is 1150. The second kappa shape index (κ2) is 7.91. The summed E-state index contributed by atoms with van der Waals surface area (Å²) in [6, 6.07) is 15.0. The number of aromatic nitrogens is 1. The molecule has 144 valence electrons. The lowest BCUT2D eigenvalue weighted by Crippen LogP contribution is -2.34. The van der Waals surface area contributed by atoms with Crippen LogP contribution in [0.4, 0.5) is 5.69 Å². The fourth-order valence-corrected chi connectivity index (χ4v) is 4.25. The molecule has 0 unspecified atom stereocenters. The second-order valence-electron chi connectivity index (χ2n) is 7.53. The van der Waals surface area contributed by atoms with Crippen molar-refractivity contribution >= 4 is 22.4 Å². The molecule has 2 aromatic carbocycles. The van der Waals surface area contributed by atoms with Crippen molar-refractivity contribution in [3.8, 4) is 11.8 Å². The number of piperidine rings is 1. The molecule has 1 saturated heterocycles. The van der Waals surface area contributed by atoms with E-state index in [-0.39, 0.29) is 5.78 Å². The van der Waals surface area contributed by atoms with Crippen LogP contribution in [0.15, 0.2) is 42.5 Å². The molecule has 0 amide bonds. The predicted octanol–water partition coefficient (Wildman–Crippen LogP) is 5.03. The highest BCUT2D eigenvalue weighted by Crippen LogP contribution is 2.31. The van der Waals surface area contributed by atoms with Gasteiger partial charge in [-0.25, -0.2) is 4.85 Å². The molecular weight excluding hydrogens is 360 g/mol. The maximum atomic E-state index is 13.3. The average molecular weight is 382 g/mol. The van der Waals surface area contributed by atoms with Crippen molar-refractivity contribution in [2.45, 2.75) is 26.2 Å². The Labute approximate surface area is 170 Å². The standard InChI is InChI=1S/C24H22N4O/c1-17-24(23(29)16-27-12-4-3-5-13-27)21-11-6-18(15-25)14-22(21)28(17)20-9-7-19(26-2)8-10-20/h6-11,14H,3-5,12-13,16H2,1H3. The molecule has 1 aromatic heterocycles. The number of carbonyl (C=O) groups is 1. The molecule has 1 fully saturated rings. The van der Waals surface area contributed by atoms with Crippen molar-refractivity contribution in [1.82, 2.24) is 9.47 Å². The van der Waals surface area contributed by atoms with Crippen LogP contribution in [0.3, 0.4) is 0 Å². The minimum Gasteiger partial charge on any atom is -0.313 e. The smallest absolute Gasteiger partial charge is 0.187 e. The third-order valence-corrected chi connectivity index (χ3v) is 5.67. The number of ketones is 1. The van der Waals surface area contributed by atoms with Gasteiger partial charge < -0.3 is 4.57 Å². The van der Waals surface area contributed by atoms with Crippen molar-refractivity contribution in [1.29, 1.82) is 5.26 Å². The highest BCUT2D eigenvalue weighted by atomic mass is 16.1. The fraction of sp³-hybridized carbons (Fsp3) is 0.292. The van der Waals surface area contributed by atoms with Crippen LogP contribution in [-0.4, -0.2) is 34.9 Å². The molecule has 29 heavy (non-hydrogen) atoms. The summed E-state index contributed by atoms with van der Waals surface area (Å²) in [6.45, 7) is 11.5. The van der Waals surface area contributed by atoms with Crippen molar-refractivity contribution < 1.29 is 4.79 Å². The molecule has 0 aliphatic carbocycles. The normalized spacial score (nSPS) is 14.4. The lowest BCUT2D eigenvalue weighted by molar-refractivity contribution is 0.0916. The summed E-state index contributed by atoms with van der Waals surface area (Å²) >= 11 is 0. The summed E-state index contributed by atoms with van der Waals surface area (Å²) in [4.78, 5) is 19.0. The monoisotopic (exact) mass is 382 g/mol. The van der Waals surface area contributed by atoms with Gasteiger partial charge in [0, 0.05) is 22.3 Å². The van der Waals surface area contributed by atoms with Crippen molar-refractivity contribution in [2.75, 3.05) is 19.6 Å². The zero-order chi connectivity index (χ0) is 20.4. The van der Waals surface area contributed by atoms with E-state index in [0.29, 0.717) is 17.8 Å². The Morgan fingerprint density at radius 3 is 2.52 bits per heavy atom. The number of likely N-dealkylation sites (tertiary alicyclic amines) is 1. The zero-order valence-electron chi connectivity index (χ0n) is 16.5. The number of fused-ring (bicyclic) bond motifs is 1. The van der Waals surface area contributed by atoms with Gasteiger partial charge in [-0.1, -0.05) is 24.6 Å². The second-order valence-corrected chi connectivity index (χ2v) is 7.53. The van der Waals surface area contributed by atoms with Crippen LogP contribution in [-0.2, 0) is 0 Å². The van der Waals surface area contributed by atoms with E-state index in [1.807, 2.05) is 35.8 Å². The van der Waals surface area contributed by atoms with E-state index in [9.17, 15) is 10.1 Å². The van der Waals surface area contributed by atoms with Gasteiger partial charge in [-0.15, -0.1) is 0 Å². The summed E-state index contributed by atoms with van der Waals surface area (Å²) in [5.74, 6) is 0.121. The molecule has 1 aliphatic heterocycles. The first kappa shape index (κ1) is 18.9. The fourth-order valence-electron chi connectivity index (χ4n) is 4.25. The van der Waals surface area contributed by atoms with Crippen LogP contribution in [0, 0.1) is 24.8 Å². The molecule has 1 aliphatic rings. The third-order valence-electron chi connectivity index (χ3n) is 5.67. The van der Waals surface area contributed by atoms with Crippen molar-refractivity contribution in [2.24, 2.45) is 0 Å². The van der Waals surface area contributed by atoms with Gasteiger partial charge in [0.2, 0.25) is 0 Å². The first-order valence-electron chi connectivity index (χ1n) is 9.91. The van der Waals surface area contributed by atoms with Crippen LogP contribution in [0.5, 0.6) is 0 Å². The summed E-state index contributed by atoms with van der Waals surface area (Å²) < 4.78 is 2.02. The molecule has 0 bridgehead atoms. The van der Waals surface area contributed by atoms with Crippen LogP contribution < -0.4 is 0 Å².